The summed E-state index contributed by atoms with van der Waals surface area (Å²) < 4.78 is 111. The Labute approximate surface area is 159 Å². The summed E-state index contributed by atoms with van der Waals surface area (Å²) in [4.78, 5) is 0. The molecule has 3 aliphatic heterocycles. The molecular weight excluding hydrogens is 415 g/mol. The van der Waals surface area contributed by atoms with E-state index in [2.05, 4.69) is 4.18 Å². The summed E-state index contributed by atoms with van der Waals surface area (Å²) in [6.45, 7) is 1.91. The molecule has 0 N–H and O–H groups in total. The number of alkyl halides is 5. The molecule has 1 atom stereocenters. The highest BCUT2D eigenvalue weighted by atomic mass is 32.2. The van der Waals surface area contributed by atoms with Gasteiger partial charge in [0.05, 0.1) is 13.2 Å². The Morgan fingerprint density at radius 3 is 2.32 bits per heavy atom. The van der Waals surface area contributed by atoms with Gasteiger partial charge in [0.1, 0.15) is 12.2 Å². The van der Waals surface area contributed by atoms with Gasteiger partial charge < -0.3 is 18.4 Å². The Kier molecular flexibility index (Phi) is 5.48. The van der Waals surface area contributed by atoms with E-state index in [4.69, 9.17) is 14.2 Å². The third-order valence-electron chi connectivity index (χ3n) is 5.14. The van der Waals surface area contributed by atoms with E-state index in [9.17, 15) is 21.6 Å². The second kappa shape index (κ2) is 7.06. The van der Waals surface area contributed by atoms with Gasteiger partial charge in [0.15, 0.2) is 11.5 Å². The van der Waals surface area contributed by atoms with Gasteiger partial charge in [-0.2, -0.15) is 30.4 Å². The molecule has 4 rings (SSSR count). The Morgan fingerprint density at radius 2 is 1.79 bits per heavy atom. The molecular formula is C16H21F5O6S. The summed E-state index contributed by atoms with van der Waals surface area (Å²) in [5, 5.41) is 0. The number of rotatable bonds is 4. The maximum Gasteiger partial charge on any atom is 0.534 e. The highest BCUT2D eigenvalue weighted by Crippen LogP contribution is 2.47. The summed E-state index contributed by atoms with van der Waals surface area (Å²) in [7, 11) is -6.21. The average Bonchev–Trinajstić information content (AvgIpc) is 2.59. The van der Waals surface area contributed by atoms with E-state index < -0.39 is 44.6 Å². The molecule has 3 heterocycles. The van der Waals surface area contributed by atoms with E-state index in [0.717, 1.165) is 0 Å². The lowest BCUT2D eigenvalue weighted by atomic mass is 9.84. The summed E-state index contributed by atoms with van der Waals surface area (Å²) >= 11 is 0. The molecule has 0 amide bonds. The van der Waals surface area contributed by atoms with Gasteiger partial charge in [0.2, 0.25) is 0 Å². The van der Waals surface area contributed by atoms with Crippen molar-refractivity contribution in [2.45, 2.75) is 61.8 Å². The van der Waals surface area contributed by atoms with Gasteiger partial charge in [-0.25, -0.2) is 0 Å². The Morgan fingerprint density at radius 1 is 1.14 bits per heavy atom. The lowest BCUT2D eigenvalue weighted by Gasteiger charge is -2.52. The molecule has 3 saturated heterocycles. The van der Waals surface area contributed by atoms with Crippen LogP contribution in [0.25, 0.3) is 0 Å². The molecule has 0 aromatic rings. The number of hydrogen-bond donors (Lipinski definition) is 0. The topological polar surface area (TPSA) is 71.1 Å². The first-order chi connectivity index (χ1) is 12.8. The van der Waals surface area contributed by atoms with Crippen molar-refractivity contribution in [3.63, 3.8) is 0 Å². The van der Waals surface area contributed by atoms with Crippen LogP contribution < -0.4 is 0 Å². The summed E-state index contributed by atoms with van der Waals surface area (Å²) in [6.07, 6.45) is 1.03. The van der Waals surface area contributed by atoms with E-state index >= 15 is 8.78 Å². The number of fused-ring (bicyclic) bond motifs is 3. The van der Waals surface area contributed by atoms with Crippen molar-refractivity contribution in [3.8, 4) is 0 Å². The van der Waals surface area contributed by atoms with E-state index in [1.807, 2.05) is 0 Å². The van der Waals surface area contributed by atoms with Crippen LogP contribution in [-0.4, -0.2) is 51.1 Å². The predicted octanol–water partition coefficient (Wildman–Crippen LogP) is 3.48. The Bertz CT molecular complexity index is 708. The van der Waals surface area contributed by atoms with E-state index in [0.29, 0.717) is 18.9 Å². The molecule has 0 radical (unpaired) electrons. The number of allylic oxidation sites excluding steroid dienone is 2. The maximum atomic E-state index is 15.1. The zero-order chi connectivity index (χ0) is 20.8. The zero-order valence-electron chi connectivity index (χ0n) is 15.1. The van der Waals surface area contributed by atoms with Crippen LogP contribution in [0, 0.1) is 5.92 Å². The fourth-order valence-electron chi connectivity index (χ4n) is 3.43. The molecule has 12 heteroatoms. The first-order valence-electron chi connectivity index (χ1n) is 8.80. The highest BCUT2D eigenvalue weighted by molar-refractivity contribution is 7.87. The van der Waals surface area contributed by atoms with E-state index in [1.165, 1.54) is 0 Å². The highest BCUT2D eigenvalue weighted by Gasteiger charge is 2.57. The van der Waals surface area contributed by atoms with E-state index in [-0.39, 0.29) is 39.1 Å². The third-order valence-corrected chi connectivity index (χ3v) is 6.11. The minimum Gasteiger partial charge on any atom is -0.374 e. The molecule has 3 fully saturated rings. The van der Waals surface area contributed by atoms with E-state index in [1.54, 1.807) is 6.92 Å². The van der Waals surface area contributed by atoms with Gasteiger partial charge in [0, 0.05) is 12.3 Å². The molecule has 6 nitrogen and oxygen atoms in total. The smallest absolute Gasteiger partial charge is 0.374 e. The molecule has 0 aromatic heterocycles. The fraction of sp³-hybridized carbons (Fsp3) is 0.875. The van der Waals surface area contributed by atoms with Crippen LogP contribution in [0.5, 0.6) is 0 Å². The largest absolute Gasteiger partial charge is 0.534 e. The van der Waals surface area contributed by atoms with Gasteiger partial charge in [-0.3, -0.25) is 0 Å². The molecule has 28 heavy (non-hydrogen) atoms. The maximum absolute atomic E-state index is 15.1. The summed E-state index contributed by atoms with van der Waals surface area (Å²) in [5.41, 5.74) is -6.47. The molecule has 0 saturated carbocycles. The Balaban J connectivity index is 1.83. The van der Waals surface area contributed by atoms with Crippen LogP contribution in [0.1, 0.15) is 39.0 Å². The van der Waals surface area contributed by atoms with Gasteiger partial charge in [-0.1, -0.05) is 6.42 Å². The van der Waals surface area contributed by atoms with Crippen molar-refractivity contribution in [1.82, 2.24) is 0 Å². The van der Waals surface area contributed by atoms with Crippen molar-refractivity contribution < 1.29 is 48.8 Å². The van der Waals surface area contributed by atoms with Crippen molar-refractivity contribution in [2.24, 2.45) is 5.92 Å². The summed E-state index contributed by atoms with van der Waals surface area (Å²) in [5.74, 6) is -8.46. The molecule has 0 aromatic carbocycles. The lowest BCUT2D eigenvalue weighted by Crippen LogP contribution is -2.63. The third kappa shape index (κ3) is 4.14. The molecule has 2 bridgehead atoms. The number of halogens is 5. The van der Waals surface area contributed by atoms with Gasteiger partial charge in [-0.15, -0.1) is 0 Å². The van der Waals surface area contributed by atoms with Crippen LogP contribution in [0.15, 0.2) is 11.8 Å². The summed E-state index contributed by atoms with van der Waals surface area (Å²) in [6, 6.07) is 0. The molecule has 0 spiro atoms. The molecule has 162 valence electrons. The van der Waals surface area contributed by atoms with Crippen molar-refractivity contribution in [3.05, 3.63) is 11.8 Å². The zero-order valence-corrected chi connectivity index (χ0v) is 15.9. The standard InChI is InChI=1S/C16H21F5O6S/c1-13-8-25-14(10-24-13,26-9-13)7-11-5-3-2-4-6-12(15(11,17)18)27-28(22,23)16(19,20)21/h6,11H,2-5,7-10H2,1H3. The average molecular weight is 436 g/mol. The second-order valence-electron chi connectivity index (χ2n) is 7.59. The minimum atomic E-state index is -6.21. The predicted molar refractivity (Wildman–Crippen MR) is 84.7 cm³/mol. The fourth-order valence-corrected chi connectivity index (χ4v) is 3.94. The number of hydrogen-bond acceptors (Lipinski definition) is 6. The normalized spacial score (nSPS) is 36.4. The van der Waals surface area contributed by atoms with Crippen molar-refractivity contribution >= 4 is 10.1 Å². The first-order valence-corrected chi connectivity index (χ1v) is 10.2. The molecule has 4 aliphatic rings. The van der Waals surface area contributed by atoms with Crippen LogP contribution in [-0.2, 0) is 28.5 Å². The lowest BCUT2D eigenvalue weighted by molar-refractivity contribution is -0.399. The van der Waals surface area contributed by atoms with Crippen LogP contribution >= 0.6 is 0 Å². The second-order valence-corrected chi connectivity index (χ2v) is 9.12. The van der Waals surface area contributed by atoms with Gasteiger partial charge in [0.25, 0.3) is 0 Å². The minimum absolute atomic E-state index is 0.0232. The van der Waals surface area contributed by atoms with Crippen LogP contribution in [0.2, 0.25) is 0 Å². The van der Waals surface area contributed by atoms with Crippen molar-refractivity contribution in [2.75, 3.05) is 19.8 Å². The van der Waals surface area contributed by atoms with Gasteiger partial charge in [-0.05, 0) is 32.3 Å². The van der Waals surface area contributed by atoms with Crippen LogP contribution in [0.3, 0.4) is 0 Å². The molecule has 1 unspecified atom stereocenters. The van der Waals surface area contributed by atoms with Crippen LogP contribution in [0.4, 0.5) is 22.0 Å². The Hall–Kier alpha value is -0.980. The van der Waals surface area contributed by atoms with Crippen molar-refractivity contribution in [1.29, 1.82) is 0 Å². The monoisotopic (exact) mass is 436 g/mol. The molecule has 1 aliphatic carbocycles. The quantitative estimate of drug-likeness (QED) is 0.382. The number of ether oxygens (including phenoxy) is 3. The SMILES string of the molecule is CC12COC(CC3CCCCC=C(OS(=O)(=O)C(F)(F)F)C3(F)F)(CO1)OC2. The van der Waals surface area contributed by atoms with Gasteiger partial charge >= 0.3 is 21.5 Å². The first kappa shape index (κ1) is 21.7.